The van der Waals surface area contributed by atoms with Crippen LogP contribution in [0, 0.1) is 0 Å². The van der Waals surface area contributed by atoms with Crippen molar-refractivity contribution in [3.8, 4) is 0 Å². The average Bonchev–Trinajstić information content (AvgIpc) is 3.34. The number of rotatable bonds is 9. The first-order valence-electron chi connectivity index (χ1n) is 8.09. The van der Waals surface area contributed by atoms with Crippen molar-refractivity contribution in [1.29, 1.82) is 0 Å². The minimum atomic E-state index is -3.48. The maximum atomic E-state index is 12.2. The Morgan fingerprint density at radius 1 is 1.30 bits per heavy atom. The molecule has 1 atom stereocenters. The van der Waals surface area contributed by atoms with Gasteiger partial charge in [0.1, 0.15) is 0 Å². The highest BCUT2D eigenvalue weighted by atomic mass is 32.2. The highest BCUT2D eigenvalue weighted by Crippen LogP contribution is 2.22. The molecule has 1 saturated carbocycles. The van der Waals surface area contributed by atoms with Gasteiger partial charge < -0.3 is 11.1 Å². The predicted octanol–water partition coefficient (Wildman–Crippen LogP) is 1.37. The van der Waals surface area contributed by atoms with Gasteiger partial charge in [-0.2, -0.15) is 0 Å². The summed E-state index contributed by atoms with van der Waals surface area (Å²) < 4.78 is 26.8. The fourth-order valence-corrected chi connectivity index (χ4v) is 3.55. The molecule has 1 aliphatic carbocycles. The Morgan fingerprint density at radius 2 is 1.96 bits per heavy atom. The van der Waals surface area contributed by atoms with Crippen LogP contribution in [-0.4, -0.2) is 33.0 Å². The number of benzene rings is 1. The van der Waals surface area contributed by atoms with Crippen molar-refractivity contribution in [2.45, 2.75) is 56.0 Å². The second-order valence-corrected chi connectivity index (χ2v) is 7.68. The molecule has 0 radical (unpaired) electrons. The second-order valence-electron chi connectivity index (χ2n) is 5.97. The second kappa shape index (κ2) is 7.90. The van der Waals surface area contributed by atoms with Gasteiger partial charge in [0.25, 0.3) is 5.91 Å². The van der Waals surface area contributed by atoms with Crippen molar-refractivity contribution >= 4 is 15.9 Å². The van der Waals surface area contributed by atoms with E-state index in [0.717, 1.165) is 32.1 Å². The molecule has 0 spiro atoms. The third-order valence-electron chi connectivity index (χ3n) is 3.85. The molecule has 2 rings (SSSR count). The lowest BCUT2D eigenvalue weighted by Gasteiger charge is -2.16. The molecule has 1 unspecified atom stereocenters. The van der Waals surface area contributed by atoms with E-state index in [-0.39, 0.29) is 22.9 Å². The van der Waals surface area contributed by atoms with Crippen LogP contribution in [0.5, 0.6) is 0 Å². The minimum absolute atomic E-state index is 0.0533. The van der Waals surface area contributed by atoms with E-state index in [1.165, 1.54) is 24.3 Å². The van der Waals surface area contributed by atoms with Gasteiger partial charge in [0.05, 0.1) is 4.90 Å². The van der Waals surface area contributed by atoms with E-state index in [0.29, 0.717) is 12.1 Å². The zero-order valence-electron chi connectivity index (χ0n) is 13.4. The van der Waals surface area contributed by atoms with E-state index in [2.05, 4.69) is 17.0 Å². The van der Waals surface area contributed by atoms with Crippen LogP contribution in [-0.2, 0) is 10.0 Å². The smallest absolute Gasteiger partial charge is 0.251 e. The van der Waals surface area contributed by atoms with Crippen molar-refractivity contribution in [1.82, 2.24) is 10.0 Å². The van der Waals surface area contributed by atoms with Crippen LogP contribution < -0.4 is 15.8 Å². The minimum Gasteiger partial charge on any atom is -0.348 e. The molecule has 23 heavy (non-hydrogen) atoms. The molecule has 7 heteroatoms. The van der Waals surface area contributed by atoms with Gasteiger partial charge in [0, 0.05) is 24.2 Å². The maximum Gasteiger partial charge on any atom is 0.251 e. The van der Waals surface area contributed by atoms with Gasteiger partial charge in [0.15, 0.2) is 0 Å². The van der Waals surface area contributed by atoms with Crippen molar-refractivity contribution in [3.05, 3.63) is 29.8 Å². The molecule has 0 aliphatic heterocycles. The zero-order valence-corrected chi connectivity index (χ0v) is 14.2. The lowest BCUT2D eigenvalue weighted by molar-refractivity contribution is 0.0935. The molecule has 1 fully saturated rings. The van der Waals surface area contributed by atoms with E-state index in [4.69, 9.17) is 5.73 Å². The normalized spacial score (nSPS) is 16.1. The number of hydrogen-bond acceptors (Lipinski definition) is 4. The molecule has 1 aromatic rings. The van der Waals surface area contributed by atoms with Gasteiger partial charge in [-0.25, -0.2) is 13.1 Å². The van der Waals surface area contributed by atoms with Gasteiger partial charge in [-0.15, -0.1) is 0 Å². The first-order chi connectivity index (χ1) is 11.0. The monoisotopic (exact) mass is 339 g/mol. The Hall–Kier alpha value is -1.44. The number of carbonyl (C=O) groups is 1. The third kappa shape index (κ3) is 5.30. The average molecular weight is 339 g/mol. The van der Waals surface area contributed by atoms with Crippen LogP contribution in [0.2, 0.25) is 0 Å². The zero-order chi connectivity index (χ0) is 16.9. The summed E-state index contributed by atoms with van der Waals surface area (Å²) in [5, 5.41) is 2.89. The SMILES string of the molecule is CCCCC(CN)NC(=O)c1ccc(S(=O)(=O)NC2CC2)cc1. The summed E-state index contributed by atoms with van der Waals surface area (Å²) in [5.41, 5.74) is 6.11. The summed E-state index contributed by atoms with van der Waals surface area (Å²) in [4.78, 5) is 12.4. The first-order valence-corrected chi connectivity index (χ1v) is 9.58. The Morgan fingerprint density at radius 3 is 2.48 bits per heavy atom. The molecule has 1 aromatic carbocycles. The van der Waals surface area contributed by atoms with Gasteiger partial charge in [0.2, 0.25) is 10.0 Å². The molecule has 1 amide bonds. The number of amides is 1. The summed E-state index contributed by atoms with van der Waals surface area (Å²) in [7, 11) is -3.48. The highest BCUT2D eigenvalue weighted by Gasteiger charge is 2.28. The predicted molar refractivity (Wildman–Crippen MR) is 89.6 cm³/mol. The van der Waals surface area contributed by atoms with Crippen LogP contribution in [0.15, 0.2) is 29.2 Å². The summed E-state index contributed by atoms with van der Waals surface area (Å²) in [6.45, 7) is 2.48. The number of sulfonamides is 1. The molecule has 0 heterocycles. The van der Waals surface area contributed by atoms with Crippen molar-refractivity contribution in [2.24, 2.45) is 5.73 Å². The molecule has 6 nitrogen and oxygen atoms in total. The quantitative estimate of drug-likeness (QED) is 0.632. The Bertz CT molecular complexity index is 624. The Balaban J connectivity index is 1.99. The molecular weight excluding hydrogens is 314 g/mol. The molecule has 128 valence electrons. The van der Waals surface area contributed by atoms with Crippen LogP contribution in [0.4, 0.5) is 0 Å². The summed E-state index contributed by atoms with van der Waals surface area (Å²) in [5.74, 6) is -0.226. The van der Waals surface area contributed by atoms with E-state index in [9.17, 15) is 13.2 Å². The molecule has 0 aromatic heterocycles. The molecule has 0 saturated heterocycles. The highest BCUT2D eigenvalue weighted by molar-refractivity contribution is 7.89. The number of unbranched alkanes of at least 4 members (excludes halogenated alkanes) is 1. The maximum absolute atomic E-state index is 12.2. The number of hydrogen-bond donors (Lipinski definition) is 3. The standard InChI is InChI=1S/C16H25N3O3S/c1-2-3-4-14(11-17)18-16(20)12-5-9-15(10-6-12)23(21,22)19-13-7-8-13/h5-6,9-10,13-14,19H,2-4,7-8,11,17H2,1H3,(H,18,20). The topological polar surface area (TPSA) is 101 Å². The van der Waals surface area contributed by atoms with Gasteiger partial charge in [-0.1, -0.05) is 19.8 Å². The molecular formula is C16H25N3O3S. The third-order valence-corrected chi connectivity index (χ3v) is 5.39. The summed E-state index contributed by atoms with van der Waals surface area (Å²) in [6.07, 6.45) is 4.67. The van der Waals surface area contributed by atoms with E-state index in [1.807, 2.05) is 0 Å². The van der Waals surface area contributed by atoms with Gasteiger partial charge in [-0.3, -0.25) is 4.79 Å². The molecule has 1 aliphatic rings. The van der Waals surface area contributed by atoms with Crippen molar-refractivity contribution in [2.75, 3.05) is 6.54 Å². The van der Waals surface area contributed by atoms with E-state index >= 15 is 0 Å². The van der Waals surface area contributed by atoms with Crippen LogP contribution >= 0.6 is 0 Å². The number of carbonyl (C=O) groups excluding carboxylic acids is 1. The van der Waals surface area contributed by atoms with Crippen LogP contribution in [0.1, 0.15) is 49.4 Å². The Kier molecular flexibility index (Phi) is 6.15. The number of nitrogens with two attached hydrogens (primary N) is 1. The summed E-state index contributed by atoms with van der Waals surface area (Å²) >= 11 is 0. The van der Waals surface area contributed by atoms with Crippen LogP contribution in [0.3, 0.4) is 0 Å². The fraction of sp³-hybridized carbons (Fsp3) is 0.562. The number of nitrogens with one attached hydrogen (secondary N) is 2. The van der Waals surface area contributed by atoms with Crippen molar-refractivity contribution < 1.29 is 13.2 Å². The first kappa shape index (κ1) is 17.9. The van der Waals surface area contributed by atoms with Gasteiger partial charge in [-0.05, 0) is 43.5 Å². The summed E-state index contributed by atoms with van der Waals surface area (Å²) in [6, 6.07) is 6.00. The Labute approximate surface area is 137 Å². The van der Waals surface area contributed by atoms with Gasteiger partial charge >= 0.3 is 0 Å². The fourth-order valence-electron chi connectivity index (χ4n) is 2.24. The van der Waals surface area contributed by atoms with E-state index in [1.54, 1.807) is 0 Å². The van der Waals surface area contributed by atoms with Crippen molar-refractivity contribution in [3.63, 3.8) is 0 Å². The molecule has 4 N–H and O–H groups in total. The molecule has 0 bridgehead atoms. The largest absolute Gasteiger partial charge is 0.348 e. The van der Waals surface area contributed by atoms with Crippen LogP contribution in [0.25, 0.3) is 0 Å². The van der Waals surface area contributed by atoms with E-state index < -0.39 is 10.0 Å². The lowest BCUT2D eigenvalue weighted by atomic mass is 10.1. The lowest BCUT2D eigenvalue weighted by Crippen LogP contribution is -2.40.